The highest BCUT2D eigenvalue weighted by Gasteiger charge is 2.51. The zero-order valence-electron chi connectivity index (χ0n) is 19.0. The molecule has 0 bridgehead atoms. The molecule has 2 atom stereocenters. The number of esters is 2. The van der Waals surface area contributed by atoms with Crippen LogP contribution < -0.4 is 0 Å². The van der Waals surface area contributed by atoms with Gasteiger partial charge in [-0.2, -0.15) is 0 Å². The Kier molecular flexibility index (Phi) is 9.47. The Balaban J connectivity index is 5.62. The van der Waals surface area contributed by atoms with E-state index in [1.807, 2.05) is 13.8 Å². The highest BCUT2D eigenvalue weighted by atomic mass is 19.1. The van der Waals surface area contributed by atoms with Gasteiger partial charge in [0.2, 0.25) is 0 Å². The second-order valence-electron chi connectivity index (χ2n) is 9.54. The van der Waals surface area contributed by atoms with Crippen molar-refractivity contribution in [2.24, 2.45) is 16.2 Å². The summed E-state index contributed by atoms with van der Waals surface area (Å²) in [6.07, 6.45) is 2.89. The van der Waals surface area contributed by atoms with Gasteiger partial charge in [0.1, 0.15) is 18.9 Å². The highest BCUT2D eigenvalue weighted by molar-refractivity contribution is 5.79. The van der Waals surface area contributed by atoms with E-state index in [1.165, 1.54) is 0 Å². The molecule has 0 fully saturated rings. The molecule has 0 aliphatic carbocycles. The highest BCUT2D eigenvalue weighted by Crippen LogP contribution is 2.51. The van der Waals surface area contributed by atoms with Crippen molar-refractivity contribution in [2.45, 2.75) is 100 Å². The topological polar surface area (TPSA) is 52.6 Å². The van der Waals surface area contributed by atoms with Gasteiger partial charge in [0.25, 0.3) is 0 Å². The van der Waals surface area contributed by atoms with Crippen LogP contribution in [0.5, 0.6) is 0 Å². The van der Waals surface area contributed by atoms with Crippen LogP contribution in [0.3, 0.4) is 0 Å². The van der Waals surface area contributed by atoms with Crippen LogP contribution in [0.25, 0.3) is 0 Å². The second kappa shape index (κ2) is 9.88. The third kappa shape index (κ3) is 7.08. The Labute approximate surface area is 165 Å². The second-order valence-corrected chi connectivity index (χ2v) is 9.54. The van der Waals surface area contributed by atoms with E-state index in [0.29, 0.717) is 12.8 Å². The summed E-state index contributed by atoms with van der Waals surface area (Å²) in [4.78, 5) is 25.4. The van der Waals surface area contributed by atoms with Crippen LogP contribution in [0.1, 0.15) is 94.4 Å². The van der Waals surface area contributed by atoms with Crippen LogP contribution in [-0.2, 0) is 19.1 Å². The Morgan fingerprint density at radius 1 is 0.889 bits per heavy atom. The molecule has 0 N–H and O–H groups in total. The van der Waals surface area contributed by atoms with E-state index in [-0.39, 0.29) is 29.8 Å². The minimum atomic E-state index is -0.966. The standard InChI is InChI=1S/C22H41FO4/c1-10-19(4,5)16-22(9,20(6,7)11-2)18(25)27-21(8,12-3)15-17(24)26-14-13-23/h10-16H2,1-9H3. The molecule has 0 saturated carbocycles. The fraction of sp³-hybridized carbons (Fsp3) is 0.909. The summed E-state index contributed by atoms with van der Waals surface area (Å²) in [5.41, 5.74) is -1.94. The Morgan fingerprint density at radius 3 is 1.85 bits per heavy atom. The molecule has 0 aromatic carbocycles. The van der Waals surface area contributed by atoms with Crippen LogP contribution >= 0.6 is 0 Å². The van der Waals surface area contributed by atoms with Gasteiger partial charge in [-0.3, -0.25) is 9.59 Å². The van der Waals surface area contributed by atoms with E-state index in [4.69, 9.17) is 9.47 Å². The van der Waals surface area contributed by atoms with E-state index in [0.717, 1.165) is 12.8 Å². The Hall–Kier alpha value is -1.13. The molecule has 0 aliphatic heterocycles. The summed E-state index contributed by atoms with van der Waals surface area (Å²) in [7, 11) is 0. The maximum Gasteiger partial charge on any atom is 0.312 e. The van der Waals surface area contributed by atoms with Crippen molar-refractivity contribution < 1.29 is 23.5 Å². The monoisotopic (exact) mass is 388 g/mol. The first-order valence-corrected chi connectivity index (χ1v) is 10.2. The van der Waals surface area contributed by atoms with Crippen molar-refractivity contribution in [3.8, 4) is 0 Å². The van der Waals surface area contributed by atoms with E-state index < -0.39 is 23.7 Å². The minimum absolute atomic E-state index is 0.0110. The minimum Gasteiger partial charge on any atom is -0.463 e. The van der Waals surface area contributed by atoms with Gasteiger partial charge in [-0.05, 0) is 43.9 Å². The van der Waals surface area contributed by atoms with Crippen LogP contribution in [0, 0.1) is 16.2 Å². The van der Waals surface area contributed by atoms with Crippen molar-refractivity contribution in [2.75, 3.05) is 13.3 Å². The first kappa shape index (κ1) is 25.9. The molecule has 5 heteroatoms. The molecule has 160 valence electrons. The maximum atomic E-state index is 13.4. The lowest BCUT2D eigenvalue weighted by atomic mass is 9.58. The molecule has 0 spiro atoms. The van der Waals surface area contributed by atoms with Crippen LogP contribution in [0.15, 0.2) is 0 Å². The summed E-state index contributed by atoms with van der Waals surface area (Å²) in [5, 5.41) is 0. The van der Waals surface area contributed by atoms with Crippen molar-refractivity contribution in [1.82, 2.24) is 0 Å². The molecular weight excluding hydrogens is 347 g/mol. The molecular formula is C22H41FO4. The molecule has 0 heterocycles. The summed E-state index contributed by atoms with van der Waals surface area (Å²) in [6, 6.07) is 0. The zero-order valence-corrected chi connectivity index (χ0v) is 19.0. The van der Waals surface area contributed by atoms with Crippen molar-refractivity contribution >= 4 is 11.9 Å². The van der Waals surface area contributed by atoms with Crippen LogP contribution in [0.4, 0.5) is 4.39 Å². The fourth-order valence-electron chi connectivity index (χ4n) is 3.14. The third-order valence-corrected chi connectivity index (χ3v) is 6.56. The normalized spacial score (nSPS) is 17.0. The molecule has 0 amide bonds. The average molecular weight is 389 g/mol. The number of ether oxygens (including phenoxy) is 2. The van der Waals surface area contributed by atoms with Gasteiger partial charge in [-0.25, -0.2) is 4.39 Å². The van der Waals surface area contributed by atoms with Crippen LogP contribution in [0.2, 0.25) is 0 Å². The summed E-state index contributed by atoms with van der Waals surface area (Å²) in [6.45, 7) is 17.3. The molecule has 0 radical (unpaired) electrons. The molecule has 0 saturated heterocycles. The van der Waals surface area contributed by atoms with Gasteiger partial charge in [0.05, 0.1) is 11.8 Å². The van der Waals surface area contributed by atoms with Crippen molar-refractivity contribution in [3.63, 3.8) is 0 Å². The van der Waals surface area contributed by atoms with Crippen LogP contribution in [-0.4, -0.2) is 30.8 Å². The SMILES string of the molecule is CCC(C)(C)CC(C)(C(=O)OC(C)(CC)CC(=O)OCCF)C(C)(C)CC. The largest absolute Gasteiger partial charge is 0.463 e. The van der Waals surface area contributed by atoms with Gasteiger partial charge in [-0.1, -0.05) is 54.9 Å². The van der Waals surface area contributed by atoms with Crippen molar-refractivity contribution in [1.29, 1.82) is 0 Å². The molecule has 0 aromatic rings. The summed E-state index contributed by atoms with van der Waals surface area (Å²) in [5.74, 6) is -0.825. The lowest BCUT2D eigenvalue weighted by molar-refractivity contribution is -0.184. The number of hydrogen-bond acceptors (Lipinski definition) is 4. The smallest absolute Gasteiger partial charge is 0.312 e. The number of alkyl halides is 1. The number of carbonyl (C=O) groups is 2. The van der Waals surface area contributed by atoms with Gasteiger partial charge < -0.3 is 9.47 Å². The van der Waals surface area contributed by atoms with Gasteiger partial charge in [-0.15, -0.1) is 0 Å². The quantitative estimate of drug-likeness (QED) is 0.392. The van der Waals surface area contributed by atoms with Crippen molar-refractivity contribution in [3.05, 3.63) is 0 Å². The van der Waals surface area contributed by atoms with Gasteiger partial charge in [0.15, 0.2) is 0 Å². The summed E-state index contributed by atoms with van der Waals surface area (Å²) < 4.78 is 23.0. The molecule has 4 nitrogen and oxygen atoms in total. The molecule has 0 aliphatic rings. The first-order valence-electron chi connectivity index (χ1n) is 10.2. The predicted octanol–water partition coefficient (Wildman–Crippen LogP) is 5.87. The average Bonchev–Trinajstić information content (AvgIpc) is 2.59. The van der Waals surface area contributed by atoms with E-state index >= 15 is 0 Å². The number of carbonyl (C=O) groups excluding carboxylic acids is 2. The zero-order chi connectivity index (χ0) is 21.5. The number of halogens is 1. The molecule has 27 heavy (non-hydrogen) atoms. The Morgan fingerprint density at radius 2 is 1.44 bits per heavy atom. The molecule has 2 unspecified atom stereocenters. The lowest BCUT2D eigenvalue weighted by Gasteiger charge is -2.47. The molecule has 0 rings (SSSR count). The van der Waals surface area contributed by atoms with Gasteiger partial charge >= 0.3 is 11.9 Å². The fourth-order valence-corrected chi connectivity index (χ4v) is 3.14. The summed E-state index contributed by atoms with van der Waals surface area (Å²) >= 11 is 0. The lowest BCUT2D eigenvalue weighted by Crippen LogP contribution is -2.49. The third-order valence-electron chi connectivity index (χ3n) is 6.56. The molecule has 0 aromatic heterocycles. The maximum absolute atomic E-state index is 13.4. The predicted molar refractivity (Wildman–Crippen MR) is 107 cm³/mol. The van der Waals surface area contributed by atoms with Gasteiger partial charge in [0, 0.05) is 0 Å². The number of rotatable bonds is 12. The number of hydrogen-bond donors (Lipinski definition) is 0. The Bertz CT molecular complexity index is 501. The van der Waals surface area contributed by atoms with E-state index in [1.54, 1.807) is 6.92 Å². The first-order chi connectivity index (χ1) is 12.2. The van der Waals surface area contributed by atoms with E-state index in [2.05, 4.69) is 41.5 Å². The van der Waals surface area contributed by atoms with E-state index in [9.17, 15) is 14.0 Å².